The highest BCUT2D eigenvalue weighted by Gasteiger charge is 2.24. The number of rotatable bonds is 4. The van der Waals surface area contributed by atoms with Crippen molar-refractivity contribution >= 4 is 5.91 Å². The van der Waals surface area contributed by atoms with Crippen LogP contribution in [0.4, 0.5) is 4.39 Å². The van der Waals surface area contributed by atoms with Crippen LogP contribution in [0, 0.1) is 29.0 Å². The van der Waals surface area contributed by atoms with Gasteiger partial charge in [0.25, 0.3) is 0 Å². The first-order valence-corrected chi connectivity index (χ1v) is 5.84. The van der Waals surface area contributed by atoms with Crippen LogP contribution in [0.1, 0.15) is 19.4 Å². The maximum atomic E-state index is 13.0. The minimum absolute atomic E-state index is 0.0301. The maximum absolute atomic E-state index is 13.0. The molecule has 0 heterocycles. The topological polar surface area (TPSA) is 44.1 Å². The zero-order chi connectivity index (χ0) is 13.7. The van der Waals surface area contributed by atoms with Gasteiger partial charge in [0, 0.05) is 13.6 Å². The Morgan fingerprint density at radius 3 is 2.67 bits per heavy atom. The quantitative estimate of drug-likeness (QED) is 0.822. The lowest BCUT2D eigenvalue weighted by Crippen LogP contribution is -2.34. The summed E-state index contributed by atoms with van der Waals surface area (Å²) in [6, 6.07) is 8.12. The number of carbonyl (C=O) groups is 1. The minimum Gasteiger partial charge on any atom is -0.340 e. The summed E-state index contributed by atoms with van der Waals surface area (Å²) in [6.45, 7) is 3.98. The Morgan fingerprint density at radius 2 is 2.17 bits per heavy atom. The standard InChI is InChI=1S/C14H17FN2O/c1-10(2)13(8-16)14(18)17(3)9-11-5-4-6-12(15)7-11/h4-7,10,13H,9H2,1-3H3. The molecule has 1 atom stereocenters. The first kappa shape index (κ1) is 14.2. The average molecular weight is 248 g/mol. The van der Waals surface area contributed by atoms with Crippen molar-refractivity contribution in [3.63, 3.8) is 0 Å². The molecule has 1 amide bonds. The molecule has 0 spiro atoms. The molecule has 0 saturated carbocycles. The molecule has 0 N–H and O–H groups in total. The molecule has 0 saturated heterocycles. The van der Waals surface area contributed by atoms with Gasteiger partial charge in [0.15, 0.2) is 0 Å². The van der Waals surface area contributed by atoms with Crippen molar-refractivity contribution in [1.82, 2.24) is 4.90 Å². The molecule has 3 nitrogen and oxygen atoms in total. The smallest absolute Gasteiger partial charge is 0.240 e. The van der Waals surface area contributed by atoms with Gasteiger partial charge in [-0.15, -0.1) is 0 Å². The van der Waals surface area contributed by atoms with Gasteiger partial charge in [-0.05, 0) is 23.6 Å². The Labute approximate surface area is 107 Å². The van der Waals surface area contributed by atoms with Gasteiger partial charge in [-0.2, -0.15) is 5.26 Å². The molecule has 0 fully saturated rings. The molecule has 18 heavy (non-hydrogen) atoms. The number of carbonyl (C=O) groups excluding carboxylic acids is 1. The number of hydrogen-bond acceptors (Lipinski definition) is 2. The van der Waals surface area contributed by atoms with Crippen molar-refractivity contribution in [1.29, 1.82) is 5.26 Å². The number of benzene rings is 1. The minimum atomic E-state index is -0.649. The largest absolute Gasteiger partial charge is 0.340 e. The van der Waals surface area contributed by atoms with Gasteiger partial charge in [0.2, 0.25) is 5.91 Å². The molecule has 96 valence electrons. The Morgan fingerprint density at radius 1 is 1.50 bits per heavy atom. The van der Waals surface area contributed by atoms with E-state index in [-0.39, 0.29) is 17.6 Å². The third-order valence-electron chi connectivity index (χ3n) is 2.76. The third-order valence-corrected chi connectivity index (χ3v) is 2.76. The van der Waals surface area contributed by atoms with Crippen LogP contribution in [-0.2, 0) is 11.3 Å². The highest BCUT2D eigenvalue weighted by atomic mass is 19.1. The van der Waals surface area contributed by atoms with Crippen molar-refractivity contribution in [2.75, 3.05) is 7.05 Å². The number of nitrogens with zero attached hydrogens (tertiary/aromatic N) is 2. The van der Waals surface area contributed by atoms with Crippen LogP contribution >= 0.6 is 0 Å². The number of nitriles is 1. The van der Waals surface area contributed by atoms with Crippen molar-refractivity contribution < 1.29 is 9.18 Å². The van der Waals surface area contributed by atoms with Crippen LogP contribution in [0.25, 0.3) is 0 Å². The lowest BCUT2D eigenvalue weighted by atomic mass is 9.96. The second kappa shape index (κ2) is 6.15. The third kappa shape index (κ3) is 3.56. The molecule has 1 rings (SSSR count). The highest BCUT2D eigenvalue weighted by Crippen LogP contribution is 2.14. The number of amides is 1. The van der Waals surface area contributed by atoms with Crippen molar-refractivity contribution in [2.24, 2.45) is 11.8 Å². The summed E-state index contributed by atoms with van der Waals surface area (Å²) in [5.41, 5.74) is 0.714. The zero-order valence-corrected chi connectivity index (χ0v) is 10.9. The van der Waals surface area contributed by atoms with Gasteiger partial charge in [0.1, 0.15) is 11.7 Å². The second-order valence-electron chi connectivity index (χ2n) is 4.68. The molecule has 4 heteroatoms. The molecule has 1 unspecified atom stereocenters. The van der Waals surface area contributed by atoms with E-state index in [2.05, 4.69) is 0 Å². The van der Waals surface area contributed by atoms with Crippen LogP contribution < -0.4 is 0 Å². The molecule has 1 aromatic rings. The van der Waals surface area contributed by atoms with E-state index in [0.29, 0.717) is 12.1 Å². The second-order valence-corrected chi connectivity index (χ2v) is 4.68. The Balaban J connectivity index is 2.74. The molecular formula is C14H17FN2O. The highest BCUT2D eigenvalue weighted by molar-refractivity contribution is 5.81. The van der Waals surface area contributed by atoms with Crippen LogP contribution in [-0.4, -0.2) is 17.9 Å². The Bertz CT molecular complexity index is 465. The van der Waals surface area contributed by atoms with Crippen LogP contribution in [0.5, 0.6) is 0 Å². The lowest BCUT2D eigenvalue weighted by molar-refractivity contribution is -0.134. The molecule has 0 radical (unpaired) electrons. The van der Waals surface area contributed by atoms with Gasteiger partial charge < -0.3 is 4.90 Å². The van der Waals surface area contributed by atoms with Gasteiger partial charge in [-0.25, -0.2) is 4.39 Å². The van der Waals surface area contributed by atoms with E-state index >= 15 is 0 Å². The van der Waals surface area contributed by atoms with E-state index in [1.807, 2.05) is 19.9 Å². The van der Waals surface area contributed by atoms with Crippen molar-refractivity contribution in [3.05, 3.63) is 35.6 Å². The van der Waals surface area contributed by atoms with E-state index in [1.54, 1.807) is 19.2 Å². The van der Waals surface area contributed by atoms with E-state index in [0.717, 1.165) is 0 Å². The SMILES string of the molecule is CC(C)C(C#N)C(=O)N(C)Cc1cccc(F)c1. The summed E-state index contributed by atoms with van der Waals surface area (Å²) in [5.74, 6) is -1.23. The zero-order valence-electron chi connectivity index (χ0n) is 10.9. The van der Waals surface area contributed by atoms with E-state index in [9.17, 15) is 9.18 Å². The summed E-state index contributed by atoms with van der Waals surface area (Å²) < 4.78 is 13.0. The molecule has 0 aliphatic heterocycles. The fourth-order valence-corrected chi connectivity index (χ4v) is 1.71. The van der Waals surface area contributed by atoms with Crippen molar-refractivity contribution in [3.8, 4) is 6.07 Å². The Hall–Kier alpha value is -1.89. The normalized spacial score (nSPS) is 12.0. The van der Waals surface area contributed by atoms with E-state index < -0.39 is 5.92 Å². The predicted octanol–water partition coefficient (Wildman–Crippen LogP) is 2.58. The van der Waals surface area contributed by atoms with Gasteiger partial charge >= 0.3 is 0 Å². The van der Waals surface area contributed by atoms with E-state index in [4.69, 9.17) is 5.26 Å². The predicted molar refractivity (Wildman–Crippen MR) is 66.8 cm³/mol. The molecular weight excluding hydrogens is 231 g/mol. The fraction of sp³-hybridized carbons (Fsp3) is 0.429. The Kier molecular flexibility index (Phi) is 4.85. The lowest BCUT2D eigenvalue weighted by Gasteiger charge is -2.22. The van der Waals surface area contributed by atoms with Crippen LogP contribution in [0.15, 0.2) is 24.3 Å². The fourth-order valence-electron chi connectivity index (χ4n) is 1.71. The molecule has 1 aromatic carbocycles. The van der Waals surface area contributed by atoms with E-state index in [1.165, 1.54) is 17.0 Å². The summed E-state index contributed by atoms with van der Waals surface area (Å²) in [6.07, 6.45) is 0. The molecule has 0 aromatic heterocycles. The molecule has 0 bridgehead atoms. The maximum Gasteiger partial charge on any atom is 0.240 e. The van der Waals surface area contributed by atoms with Crippen LogP contribution in [0.2, 0.25) is 0 Å². The average Bonchev–Trinajstić information content (AvgIpc) is 2.29. The van der Waals surface area contributed by atoms with Gasteiger partial charge in [-0.1, -0.05) is 26.0 Å². The summed E-state index contributed by atoms with van der Waals surface area (Å²) in [5, 5.41) is 8.97. The molecule has 0 aliphatic rings. The van der Waals surface area contributed by atoms with Gasteiger partial charge in [-0.3, -0.25) is 4.79 Å². The molecule has 0 aliphatic carbocycles. The number of hydrogen-bond donors (Lipinski definition) is 0. The number of halogens is 1. The summed E-state index contributed by atoms with van der Waals surface area (Å²) in [4.78, 5) is 13.5. The first-order chi connectivity index (χ1) is 8.45. The van der Waals surface area contributed by atoms with Gasteiger partial charge in [0.05, 0.1) is 6.07 Å². The first-order valence-electron chi connectivity index (χ1n) is 5.84. The van der Waals surface area contributed by atoms with Crippen molar-refractivity contribution in [2.45, 2.75) is 20.4 Å². The van der Waals surface area contributed by atoms with Crippen LogP contribution in [0.3, 0.4) is 0 Å². The monoisotopic (exact) mass is 248 g/mol. The summed E-state index contributed by atoms with van der Waals surface area (Å²) in [7, 11) is 1.62. The summed E-state index contributed by atoms with van der Waals surface area (Å²) >= 11 is 0.